The molecule has 0 aliphatic carbocycles. The van der Waals surface area contributed by atoms with E-state index >= 15 is 0 Å². The predicted octanol–water partition coefficient (Wildman–Crippen LogP) is 3.17. The predicted molar refractivity (Wildman–Crippen MR) is 112 cm³/mol. The van der Waals surface area contributed by atoms with Gasteiger partial charge in [-0.2, -0.15) is 13.2 Å². The zero-order valence-corrected chi connectivity index (χ0v) is 18.6. The summed E-state index contributed by atoms with van der Waals surface area (Å²) in [5.74, 6) is -0.996. The number of amides is 1. The molecule has 32 heavy (non-hydrogen) atoms. The highest BCUT2D eigenvalue weighted by atomic mass is 32.2. The molecule has 1 atom stereocenters. The Hall–Kier alpha value is -1.85. The van der Waals surface area contributed by atoms with E-state index in [1.54, 1.807) is 0 Å². The smallest absolute Gasteiger partial charge is 0.475 e. The number of carbonyl (C=O) groups excluding carboxylic acids is 1. The number of hydrogen-bond acceptors (Lipinski definition) is 6. The molecule has 1 aromatic rings. The average molecular weight is 477 g/mol. The summed E-state index contributed by atoms with van der Waals surface area (Å²) >= 11 is 1.98. The summed E-state index contributed by atoms with van der Waals surface area (Å²) in [4.78, 5) is 27.7. The van der Waals surface area contributed by atoms with Crippen LogP contribution in [0.3, 0.4) is 0 Å². The van der Waals surface area contributed by atoms with Gasteiger partial charge in [0.25, 0.3) is 5.91 Å². The minimum Gasteiger partial charge on any atom is -0.475 e. The minimum absolute atomic E-state index is 0.0569. The molecule has 4 rings (SSSR count). The van der Waals surface area contributed by atoms with Gasteiger partial charge in [0, 0.05) is 44.4 Å². The number of aryl methyl sites for hydroxylation is 1. The molecule has 4 heterocycles. The standard InChI is InChI=1S/C19H26N2O3S.C2HF3O2/c1-14-3-2-4-17(20-14)18(22)21-12-19(13-21)9-16(11-25-19)24-10-15-5-7-23-8-6-15;3-2(4,5)1(6)7/h2-4,15-16H,5-13H2,1H3;(H,6,7). The van der Waals surface area contributed by atoms with Crippen molar-refractivity contribution in [3.05, 3.63) is 29.6 Å². The molecule has 11 heteroatoms. The van der Waals surface area contributed by atoms with Crippen LogP contribution in [0.1, 0.15) is 35.4 Å². The number of aromatic nitrogens is 1. The molecule has 0 bridgehead atoms. The van der Waals surface area contributed by atoms with Crippen LogP contribution in [0, 0.1) is 12.8 Å². The molecule has 1 aromatic heterocycles. The van der Waals surface area contributed by atoms with Crippen molar-refractivity contribution in [1.29, 1.82) is 0 Å². The molecule has 178 valence electrons. The molecular formula is C21H27F3N2O5S. The van der Waals surface area contributed by atoms with E-state index in [0.717, 1.165) is 63.6 Å². The maximum atomic E-state index is 12.5. The molecule has 3 aliphatic heterocycles. The fourth-order valence-corrected chi connectivity index (χ4v) is 5.48. The lowest BCUT2D eigenvalue weighted by atomic mass is 9.92. The van der Waals surface area contributed by atoms with Crippen LogP contribution in [0.15, 0.2) is 18.2 Å². The zero-order chi connectivity index (χ0) is 23.4. The largest absolute Gasteiger partial charge is 0.490 e. The van der Waals surface area contributed by atoms with Gasteiger partial charge in [-0.25, -0.2) is 9.78 Å². The first kappa shape index (κ1) is 24.8. The summed E-state index contributed by atoms with van der Waals surface area (Å²) < 4.78 is 43.5. The normalized spacial score (nSPS) is 22.8. The maximum Gasteiger partial charge on any atom is 0.490 e. The Kier molecular flexibility index (Phi) is 8.05. The van der Waals surface area contributed by atoms with E-state index in [1.807, 2.05) is 41.8 Å². The Bertz CT molecular complexity index is 811. The van der Waals surface area contributed by atoms with E-state index in [-0.39, 0.29) is 10.7 Å². The number of halogens is 3. The molecule has 1 N–H and O–H groups in total. The first-order valence-electron chi connectivity index (χ1n) is 10.4. The molecule has 0 aromatic carbocycles. The van der Waals surface area contributed by atoms with Crippen LogP contribution >= 0.6 is 11.8 Å². The monoisotopic (exact) mass is 476 g/mol. The van der Waals surface area contributed by atoms with Crippen molar-refractivity contribution in [1.82, 2.24) is 9.88 Å². The quantitative estimate of drug-likeness (QED) is 0.714. The van der Waals surface area contributed by atoms with Crippen LogP contribution in [-0.2, 0) is 14.3 Å². The van der Waals surface area contributed by atoms with Crippen LogP contribution in [0.25, 0.3) is 0 Å². The highest BCUT2D eigenvalue weighted by Crippen LogP contribution is 2.46. The van der Waals surface area contributed by atoms with Gasteiger partial charge in [0.2, 0.25) is 0 Å². The van der Waals surface area contributed by atoms with Gasteiger partial charge in [0.1, 0.15) is 5.69 Å². The molecule has 3 aliphatic rings. The number of ether oxygens (including phenoxy) is 2. The maximum absolute atomic E-state index is 12.5. The number of likely N-dealkylation sites (tertiary alicyclic amines) is 1. The lowest BCUT2D eigenvalue weighted by molar-refractivity contribution is -0.192. The number of carbonyl (C=O) groups is 2. The lowest BCUT2D eigenvalue weighted by Gasteiger charge is -2.47. The molecular weight excluding hydrogens is 449 g/mol. The second kappa shape index (κ2) is 10.4. The third kappa shape index (κ3) is 6.58. The molecule has 1 amide bonds. The summed E-state index contributed by atoms with van der Waals surface area (Å²) in [7, 11) is 0. The Morgan fingerprint density at radius 3 is 2.56 bits per heavy atom. The fraction of sp³-hybridized carbons (Fsp3) is 0.667. The Balaban J connectivity index is 0.000000360. The van der Waals surface area contributed by atoms with Crippen molar-refractivity contribution in [2.75, 3.05) is 38.7 Å². The number of thioether (sulfide) groups is 1. The number of rotatable bonds is 4. The summed E-state index contributed by atoms with van der Waals surface area (Å²) in [5, 5.41) is 7.12. The SMILES string of the molecule is Cc1cccc(C(=O)N2CC3(CC(OCC4CCOCC4)CS3)C2)n1.O=C(O)C(F)(F)F. The number of pyridine rings is 1. The summed E-state index contributed by atoms with van der Waals surface area (Å²) in [6.45, 7) is 6.18. The molecule has 7 nitrogen and oxygen atoms in total. The van der Waals surface area contributed by atoms with Gasteiger partial charge in [0.15, 0.2) is 0 Å². The Labute approximate surface area is 188 Å². The van der Waals surface area contributed by atoms with Crippen molar-refractivity contribution < 1.29 is 37.3 Å². The van der Waals surface area contributed by atoms with Crippen LogP contribution in [0.2, 0.25) is 0 Å². The van der Waals surface area contributed by atoms with Crippen molar-refractivity contribution in [3.63, 3.8) is 0 Å². The van der Waals surface area contributed by atoms with Gasteiger partial charge in [-0.15, -0.1) is 11.8 Å². The lowest BCUT2D eigenvalue weighted by Crippen LogP contribution is -2.60. The second-order valence-corrected chi connectivity index (χ2v) is 9.83. The van der Waals surface area contributed by atoms with Gasteiger partial charge in [-0.1, -0.05) is 6.07 Å². The van der Waals surface area contributed by atoms with E-state index in [0.29, 0.717) is 17.7 Å². The number of hydrogen-bond donors (Lipinski definition) is 1. The Morgan fingerprint density at radius 2 is 1.97 bits per heavy atom. The van der Waals surface area contributed by atoms with E-state index in [1.165, 1.54) is 0 Å². The van der Waals surface area contributed by atoms with Crippen LogP contribution in [0.4, 0.5) is 13.2 Å². The third-order valence-electron chi connectivity index (χ3n) is 5.68. The molecule has 0 radical (unpaired) electrons. The van der Waals surface area contributed by atoms with Gasteiger partial charge < -0.3 is 19.5 Å². The van der Waals surface area contributed by atoms with Gasteiger partial charge >= 0.3 is 12.1 Å². The van der Waals surface area contributed by atoms with Gasteiger partial charge in [-0.3, -0.25) is 4.79 Å². The van der Waals surface area contributed by atoms with Crippen molar-refractivity contribution in [2.45, 2.75) is 43.2 Å². The van der Waals surface area contributed by atoms with Crippen LogP contribution < -0.4 is 0 Å². The first-order valence-corrected chi connectivity index (χ1v) is 11.4. The number of aliphatic carboxylic acids is 1. The van der Waals surface area contributed by atoms with E-state index in [2.05, 4.69) is 4.98 Å². The van der Waals surface area contributed by atoms with Crippen LogP contribution in [0.5, 0.6) is 0 Å². The van der Waals surface area contributed by atoms with E-state index in [9.17, 15) is 18.0 Å². The number of carboxylic acids is 1. The molecule has 3 fully saturated rings. The van der Waals surface area contributed by atoms with Crippen molar-refractivity contribution >= 4 is 23.6 Å². The molecule has 1 spiro atoms. The summed E-state index contributed by atoms with van der Waals surface area (Å²) in [6.07, 6.45) is -1.44. The third-order valence-corrected chi connectivity index (χ3v) is 7.25. The fourth-order valence-electron chi connectivity index (χ4n) is 3.93. The number of carboxylic acid groups (broad SMARTS) is 1. The van der Waals surface area contributed by atoms with Crippen molar-refractivity contribution in [3.8, 4) is 0 Å². The topological polar surface area (TPSA) is 89.0 Å². The number of nitrogens with zero attached hydrogens (tertiary/aromatic N) is 2. The average Bonchev–Trinajstić information content (AvgIpc) is 3.16. The van der Waals surface area contributed by atoms with E-state index in [4.69, 9.17) is 19.4 Å². The highest BCUT2D eigenvalue weighted by Gasteiger charge is 2.51. The van der Waals surface area contributed by atoms with Crippen molar-refractivity contribution in [2.24, 2.45) is 5.92 Å². The Morgan fingerprint density at radius 1 is 1.31 bits per heavy atom. The molecule has 1 unspecified atom stereocenters. The van der Waals surface area contributed by atoms with Gasteiger partial charge in [0.05, 0.1) is 10.9 Å². The van der Waals surface area contributed by atoms with Crippen LogP contribution in [-0.4, -0.2) is 82.6 Å². The molecule has 0 saturated carbocycles. The highest BCUT2D eigenvalue weighted by molar-refractivity contribution is 8.01. The van der Waals surface area contributed by atoms with Gasteiger partial charge in [-0.05, 0) is 44.2 Å². The second-order valence-electron chi connectivity index (χ2n) is 8.34. The first-order chi connectivity index (χ1) is 15.1. The zero-order valence-electron chi connectivity index (χ0n) is 17.8. The summed E-state index contributed by atoms with van der Waals surface area (Å²) in [6, 6.07) is 5.62. The van der Waals surface area contributed by atoms with E-state index < -0.39 is 12.1 Å². The summed E-state index contributed by atoms with van der Waals surface area (Å²) in [5.41, 5.74) is 1.45. The minimum atomic E-state index is -5.08. The number of alkyl halides is 3. The molecule has 3 saturated heterocycles.